The van der Waals surface area contributed by atoms with Crippen molar-refractivity contribution in [3.8, 4) is 5.88 Å². The molecule has 0 atom stereocenters. The fourth-order valence-electron chi connectivity index (χ4n) is 4.09. The summed E-state index contributed by atoms with van der Waals surface area (Å²) in [5, 5.41) is 2.98. The molecule has 1 fully saturated rings. The van der Waals surface area contributed by atoms with Gasteiger partial charge in [0.15, 0.2) is 6.10 Å². The normalized spacial score (nSPS) is 14.4. The largest absolute Gasteiger partial charge is 0.465 e. The van der Waals surface area contributed by atoms with Crippen LogP contribution in [0.25, 0.3) is 0 Å². The maximum absolute atomic E-state index is 12.3. The van der Waals surface area contributed by atoms with Crippen molar-refractivity contribution in [2.24, 2.45) is 5.92 Å². The average molecular weight is 401 g/mol. The van der Waals surface area contributed by atoms with E-state index in [-0.39, 0.29) is 12.0 Å². The molecule has 1 aliphatic rings. The van der Waals surface area contributed by atoms with Crippen LogP contribution in [0.4, 0.5) is 5.69 Å². The summed E-state index contributed by atoms with van der Waals surface area (Å²) in [6.07, 6.45) is 8.15. The molecule has 1 N–H and O–H groups in total. The van der Waals surface area contributed by atoms with Crippen molar-refractivity contribution in [3.63, 3.8) is 0 Å². The minimum Gasteiger partial charge on any atom is -0.465 e. The Labute approximate surface area is 178 Å². The number of rotatable bonds is 7. The van der Waals surface area contributed by atoms with Crippen molar-refractivity contribution in [2.45, 2.75) is 44.6 Å². The van der Waals surface area contributed by atoms with Gasteiger partial charge in [-0.1, -0.05) is 79.9 Å². The van der Waals surface area contributed by atoms with Gasteiger partial charge in [0.1, 0.15) is 0 Å². The molecule has 0 saturated heterocycles. The molecule has 30 heavy (non-hydrogen) atoms. The SMILES string of the molecule is O=C(CC1CCCCC1)Nc1ccc(OC(c2ccccc2)c2ccccc2)nc1. The van der Waals surface area contributed by atoms with Crippen molar-refractivity contribution in [1.29, 1.82) is 0 Å². The second kappa shape index (κ2) is 10.1. The zero-order valence-electron chi connectivity index (χ0n) is 17.2. The molecule has 0 aliphatic heterocycles. The zero-order valence-corrected chi connectivity index (χ0v) is 17.2. The topological polar surface area (TPSA) is 51.2 Å². The third kappa shape index (κ3) is 5.47. The number of benzene rings is 2. The third-order valence-corrected chi connectivity index (χ3v) is 5.66. The van der Waals surface area contributed by atoms with E-state index >= 15 is 0 Å². The van der Waals surface area contributed by atoms with E-state index in [4.69, 9.17) is 4.74 Å². The van der Waals surface area contributed by atoms with Crippen LogP contribution >= 0.6 is 0 Å². The Morgan fingerprint density at radius 2 is 1.53 bits per heavy atom. The maximum Gasteiger partial charge on any atom is 0.224 e. The zero-order chi connectivity index (χ0) is 20.6. The molecule has 0 spiro atoms. The van der Waals surface area contributed by atoms with Crippen LogP contribution in [0.1, 0.15) is 55.8 Å². The number of nitrogens with one attached hydrogen (secondary N) is 1. The predicted molar refractivity (Wildman–Crippen MR) is 119 cm³/mol. The molecule has 1 aliphatic carbocycles. The van der Waals surface area contributed by atoms with E-state index < -0.39 is 0 Å². The van der Waals surface area contributed by atoms with Crippen LogP contribution in [0.15, 0.2) is 79.0 Å². The number of carbonyl (C=O) groups is 1. The van der Waals surface area contributed by atoms with Crippen LogP contribution < -0.4 is 10.1 Å². The Hall–Kier alpha value is -3.14. The quantitative estimate of drug-likeness (QED) is 0.517. The van der Waals surface area contributed by atoms with Gasteiger partial charge in [0.25, 0.3) is 0 Å². The maximum atomic E-state index is 12.3. The first kappa shape index (κ1) is 20.1. The summed E-state index contributed by atoms with van der Waals surface area (Å²) in [5.41, 5.74) is 2.84. The average Bonchev–Trinajstić information content (AvgIpc) is 2.80. The van der Waals surface area contributed by atoms with Crippen molar-refractivity contribution < 1.29 is 9.53 Å². The van der Waals surface area contributed by atoms with Crippen LogP contribution in [-0.2, 0) is 4.79 Å². The third-order valence-electron chi connectivity index (χ3n) is 5.66. The van der Waals surface area contributed by atoms with E-state index in [1.807, 2.05) is 48.5 Å². The first-order valence-corrected chi connectivity index (χ1v) is 10.8. The summed E-state index contributed by atoms with van der Waals surface area (Å²) in [5.74, 6) is 1.12. The number of anilines is 1. The summed E-state index contributed by atoms with van der Waals surface area (Å²) in [6, 6.07) is 23.9. The van der Waals surface area contributed by atoms with Gasteiger partial charge in [-0.05, 0) is 36.0 Å². The van der Waals surface area contributed by atoms with Crippen molar-refractivity contribution in [2.75, 3.05) is 5.32 Å². The molecular formula is C26H28N2O2. The molecule has 1 saturated carbocycles. The van der Waals surface area contributed by atoms with E-state index in [0.29, 0.717) is 23.9 Å². The van der Waals surface area contributed by atoms with Gasteiger partial charge in [-0.3, -0.25) is 4.79 Å². The summed E-state index contributed by atoms with van der Waals surface area (Å²) >= 11 is 0. The highest BCUT2D eigenvalue weighted by Gasteiger charge is 2.18. The lowest BCUT2D eigenvalue weighted by atomic mass is 9.87. The molecule has 1 aromatic heterocycles. The number of pyridine rings is 1. The molecule has 0 radical (unpaired) electrons. The Morgan fingerprint density at radius 1 is 0.900 bits per heavy atom. The second-order valence-corrected chi connectivity index (χ2v) is 7.96. The van der Waals surface area contributed by atoms with Gasteiger partial charge in [0, 0.05) is 12.5 Å². The van der Waals surface area contributed by atoms with Crippen LogP contribution in [0.2, 0.25) is 0 Å². The van der Waals surface area contributed by atoms with Crippen LogP contribution in [0.5, 0.6) is 5.88 Å². The molecule has 4 nitrogen and oxygen atoms in total. The monoisotopic (exact) mass is 400 g/mol. The summed E-state index contributed by atoms with van der Waals surface area (Å²) in [6.45, 7) is 0. The number of hydrogen-bond donors (Lipinski definition) is 1. The van der Waals surface area contributed by atoms with Crippen LogP contribution in [-0.4, -0.2) is 10.9 Å². The lowest BCUT2D eigenvalue weighted by Crippen LogP contribution is -2.18. The van der Waals surface area contributed by atoms with Gasteiger partial charge < -0.3 is 10.1 Å². The number of ether oxygens (including phenoxy) is 1. The van der Waals surface area contributed by atoms with E-state index in [9.17, 15) is 4.79 Å². The van der Waals surface area contributed by atoms with E-state index in [1.54, 1.807) is 6.20 Å². The van der Waals surface area contributed by atoms with Gasteiger partial charge in [0.2, 0.25) is 11.8 Å². The highest BCUT2D eigenvalue weighted by atomic mass is 16.5. The van der Waals surface area contributed by atoms with Gasteiger partial charge in [-0.2, -0.15) is 0 Å². The van der Waals surface area contributed by atoms with Gasteiger partial charge in [-0.25, -0.2) is 4.98 Å². The number of nitrogens with zero attached hydrogens (tertiary/aromatic N) is 1. The van der Waals surface area contributed by atoms with Crippen molar-refractivity contribution in [1.82, 2.24) is 4.98 Å². The fraction of sp³-hybridized carbons (Fsp3) is 0.308. The van der Waals surface area contributed by atoms with E-state index in [1.165, 1.54) is 32.1 Å². The van der Waals surface area contributed by atoms with E-state index in [0.717, 1.165) is 11.1 Å². The smallest absolute Gasteiger partial charge is 0.224 e. The standard InChI is InChI=1S/C26H28N2O2/c29-24(18-20-10-4-1-5-11-20)28-23-16-17-25(27-19-23)30-26(21-12-6-2-7-13-21)22-14-8-3-9-15-22/h2-3,6-9,12-17,19-20,26H,1,4-5,10-11,18H2,(H,28,29). The Balaban J connectivity index is 1.41. The fourth-order valence-corrected chi connectivity index (χ4v) is 4.09. The first-order chi connectivity index (χ1) is 14.8. The Morgan fingerprint density at radius 3 is 2.10 bits per heavy atom. The van der Waals surface area contributed by atoms with Gasteiger partial charge in [0.05, 0.1) is 11.9 Å². The van der Waals surface area contributed by atoms with Crippen LogP contribution in [0.3, 0.4) is 0 Å². The first-order valence-electron chi connectivity index (χ1n) is 10.8. The molecule has 4 rings (SSSR count). The summed E-state index contributed by atoms with van der Waals surface area (Å²) in [7, 11) is 0. The predicted octanol–water partition coefficient (Wildman–Crippen LogP) is 6.16. The van der Waals surface area contributed by atoms with Crippen molar-refractivity contribution >= 4 is 11.6 Å². The Bertz CT molecular complexity index is 881. The van der Waals surface area contributed by atoms with Crippen molar-refractivity contribution in [3.05, 3.63) is 90.1 Å². The second-order valence-electron chi connectivity index (χ2n) is 7.96. The van der Waals surface area contributed by atoms with E-state index in [2.05, 4.69) is 34.6 Å². The molecule has 2 aromatic carbocycles. The molecule has 3 aromatic rings. The molecule has 154 valence electrons. The highest BCUT2D eigenvalue weighted by molar-refractivity contribution is 5.90. The summed E-state index contributed by atoms with van der Waals surface area (Å²) < 4.78 is 6.24. The molecule has 1 heterocycles. The van der Waals surface area contributed by atoms with Crippen LogP contribution in [0, 0.1) is 5.92 Å². The number of aromatic nitrogens is 1. The number of carbonyl (C=O) groups excluding carboxylic acids is 1. The lowest BCUT2D eigenvalue weighted by molar-refractivity contribution is -0.117. The molecule has 1 amide bonds. The summed E-state index contributed by atoms with van der Waals surface area (Å²) in [4.78, 5) is 16.8. The Kier molecular flexibility index (Phi) is 6.75. The minimum atomic E-state index is -0.244. The molecule has 0 unspecified atom stereocenters. The minimum absolute atomic E-state index is 0.0730. The lowest BCUT2D eigenvalue weighted by Gasteiger charge is -2.21. The molecule has 4 heteroatoms. The number of hydrogen-bond acceptors (Lipinski definition) is 3. The highest BCUT2D eigenvalue weighted by Crippen LogP contribution is 2.29. The molecule has 0 bridgehead atoms. The molecular weight excluding hydrogens is 372 g/mol. The number of amides is 1. The van der Waals surface area contributed by atoms with Gasteiger partial charge >= 0.3 is 0 Å². The van der Waals surface area contributed by atoms with Gasteiger partial charge in [-0.15, -0.1) is 0 Å².